The lowest BCUT2D eigenvalue weighted by molar-refractivity contribution is 0.306. The van der Waals surface area contributed by atoms with Crippen LogP contribution in [-0.4, -0.2) is 39.1 Å². The van der Waals surface area contributed by atoms with Gasteiger partial charge in [-0.25, -0.2) is 9.50 Å². The SMILES string of the molecule is CN1CCCC1Cc1nc2ccc(Cl)cn2n1. The monoisotopic (exact) mass is 250 g/mol. The second kappa shape index (κ2) is 4.27. The van der Waals surface area contributed by atoms with Crippen LogP contribution < -0.4 is 0 Å². The Morgan fingerprint density at radius 2 is 2.35 bits per heavy atom. The van der Waals surface area contributed by atoms with Crippen molar-refractivity contribution in [2.45, 2.75) is 25.3 Å². The van der Waals surface area contributed by atoms with Crippen LogP contribution in [0.5, 0.6) is 0 Å². The largest absolute Gasteiger partial charge is 0.303 e. The topological polar surface area (TPSA) is 33.4 Å². The van der Waals surface area contributed by atoms with Crippen molar-refractivity contribution in [3.05, 3.63) is 29.2 Å². The van der Waals surface area contributed by atoms with Gasteiger partial charge in [0.1, 0.15) is 0 Å². The summed E-state index contributed by atoms with van der Waals surface area (Å²) in [6.45, 7) is 1.18. The zero-order valence-electron chi connectivity index (χ0n) is 9.80. The predicted octanol–water partition coefficient (Wildman–Crippen LogP) is 2.02. The summed E-state index contributed by atoms with van der Waals surface area (Å²) in [6, 6.07) is 4.33. The maximum absolute atomic E-state index is 5.92. The van der Waals surface area contributed by atoms with Crippen LogP contribution in [0.25, 0.3) is 5.65 Å². The van der Waals surface area contributed by atoms with E-state index in [2.05, 4.69) is 22.0 Å². The zero-order chi connectivity index (χ0) is 11.8. The van der Waals surface area contributed by atoms with Gasteiger partial charge in [0.15, 0.2) is 11.5 Å². The van der Waals surface area contributed by atoms with Gasteiger partial charge in [-0.1, -0.05) is 11.6 Å². The first-order valence-corrected chi connectivity index (χ1v) is 6.31. The van der Waals surface area contributed by atoms with E-state index in [0.717, 1.165) is 17.9 Å². The minimum absolute atomic E-state index is 0.586. The van der Waals surface area contributed by atoms with Crippen molar-refractivity contribution in [2.24, 2.45) is 0 Å². The number of halogens is 1. The van der Waals surface area contributed by atoms with Crippen LogP contribution in [0.1, 0.15) is 18.7 Å². The maximum atomic E-state index is 5.92. The number of pyridine rings is 1. The highest BCUT2D eigenvalue weighted by Gasteiger charge is 2.22. The Hall–Kier alpha value is -1.13. The first-order chi connectivity index (χ1) is 8.22. The summed E-state index contributed by atoms with van der Waals surface area (Å²) < 4.78 is 1.76. The Morgan fingerprint density at radius 3 is 3.12 bits per heavy atom. The van der Waals surface area contributed by atoms with Gasteiger partial charge in [-0.15, -0.1) is 0 Å². The molecule has 1 fully saturated rings. The third-order valence-electron chi connectivity index (χ3n) is 3.43. The van der Waals surface area contributed by atoms with E-state index in [-0.39, 0.29) is 0 Å². The maximum Gasteiger partial charge on any atom is 0.155 e. The Kier molecular flexibility index (Phi) is 2.76. The van der Waals surface area contributed by atoms with Gasteiger partial charge in [0.05, 0.1) is 5.02 Å². The molecule has 2 aromatic heterocycles. The minimum Gasteiger partial charge on any atom is -0.303 e. The molecule has 0 aromatic carbocycles. The second-order valence-electron chi connectivity index (χ2n) is 4.66. The van der Waals surface area contributed by atoms with Crippen molar-refractivity contribution in [2.75, 3.05) is 13.6 Å². The summed E-state index contributed by atoms with van der Waals surface area (Å²) in [6.07, 6.45) is 5.24. The number of likely N-dealkylation sites (tertiary alicyclic amines) is 1. The molecule has 0 spiro atoms. The van der Waals surface area contributed by atoms with Gasteiger partial charge < -0.3 is 4.90 Å². The van der Waals surface area contributed by atoms with E-state index in [4.69, 9.17) is 11.6 Å². The molecule has 0 radical (unpaired) electrons. The number of hydrogen-bond donors (Lipinski definition) is 0. The molecule has 4 nitrogen and oxygen atoms in total. The summed E-state index contributed by atoms with van der Waals surface area (Å²) in [5.74, 6) is 0.908. The van der Waals surface area contributed by atoms with Crippen LogP contribution in [0.4, 0.5) is 0 Å². The third kappa shape index (κ3) is 2.15. The molecular formula is C12H15ClN4. The average molecular weight is 251 g/mol. The van der Waals surface area contributed by atoms with Crippen LogP contribution in [-0.2, 0) is 6.42 Å². The molecule has 3 rings (SSSR count). The van der Waals surface area contributed by atoms with Crippen LogP contribution in [0.15, 0.2) is 18.3 Å². The smallest absolute Gasteiger partial charge is 0.155 e. The van der Waals surface area contributed by atoms with Gasteiger partial charge in [-0.05, 0) is 38.6 Å². The molecule has 1 saturated heterocycles. The van der Waals surface area contributed by atoms with E-state index in [9.17, 15) is 0 Å². The predicted molar refractivity (Wildman–Crippen MR) is 67.4 cm³/mol. The fourth-order valence-corrected chi connectivity index (χ4v) is 2.59. The number of aromatic nitrogens is 3. The molecule has 0 saturated carbocycles. The highest BCUT2D eigenvalue weighted by molar-refractivity contribution is 6.30. The van der Waals surface area contributed by atoms with Crippen molar-refractivity contribution in [3.63, 3.8) is 0 Å². The molecule has 1 aliphatic rings. The van der Waals surface area contributed by atoms with Gasteiger partial charge in [0.2, 0.25) is 0 Å². The Bertz CT molecular complexity index is 536. The molecule has 1 aliphatic heterocycles. The summed E-state index contributed by atoms with van der Waals surface area (Å²) >= 11 is 5.92. The lowest BCUT2D eigenvalue weighted by Crippen LogP contribution is -2.27. The molecule has 0 amide bonds. The number of rotatable bonds is 2. The molecule has 0 bridgehead atoms. The molecule has 3 heterocycles. The summed E-state index contributed by atoms with van der Waals surface area (Å²) in [5.41, 5.74) is 0.866. The van der Waals surface area contributed by atoms with Crippen molar-refractivity contribution in [1.29, 1.82) is 0 Å². The standard InChI is InChI=1S/C12H15ClN4/c1-16-6-2-3-10(16)7-11-14-12-5-4-9(13)8-17(12)15-11/h4-5,8,10H,2-3,6-7H2,1H3. The van der Waals surface area contributed by atoms with Crippen molar-refractivity contribution >= 4 is 17.2 Å². The number of hydrogen-bond acceptors (Lipinski definition) is 3. The summed E-state index contributed by atoms with van der Waals surface area (Å²) in [5, 5.41) is 5.15. The first-order valence-electron chi connectivity index (χ1n) is 5.93. The molecule has 1 unspecified atom stereocenters. The molecule has 90 valence electrons. The van der Waals surface area contributed by atoms with Gasteiger partial charge in [-0.2, -0.15) is 5.10 Å². The Morgan fingerprint density at radius 1 is 1.47 bits per heavy atom. The molecule has 17 heavy (non-hydrogen) atoms. The van der Waals surface area contributed by atoms with Crippen molar-refractivity contribution in [3.8, 4) is 0 Å². The van der Waals surface area contributed by atoms with E-state index >= 15 is 0 Å². The summed E-state index contributed by atoms with van der Waals surface area (Å²) in [7, 11) is 2.17. The number of nitrogens with zero attached hydrogens (tertiary/aromatic N) is 4. The van der Waals surface area contributed by atoms with E-state index < -0.39 is 0 Å². The normalized spacial score (nSPS) is 21.4. The highest BCUT2D eigenvalue weighted by Crippen LogP contribution is 2.18. The molecule has 0 N–H and O–H groups in total. The molecule has 0 aliphatic carbocycles. The number of fused-ring (bicyclic) bond motifs is 1. The van der Waals surface area contributed by atoms with Crippen molar-refractivity contribution < 1.29 is 0 Å². The average Bonchev–Trinajstić information content (AvgIpc) is 2.85. The summed E-state index contributed by atoms with van der Waals surface area (Å²) in [4.78, 5) is 6.91. The fourth-order valence-electron chi connectivity index (χ4n) is 2.44. The first kappa shape index (κ1) is 11.0. The quantitative estimate of drug-likeness (QED) is 0.818. The van der Waals surface area contributed by atoms with E-state index in [0.29, 0.717) is 11.1 Å². The zero-order valence-corrected chi connectivity index (χ0v) is 10.6. The molecule has 1 atom stereocenters. The number of likely N-dealkylation sites (N-methyl/N-ethyl adjacent to an activating group) is 1. The lowest BCUT2D eigenvalue weighted by atomic mass is 10.1. The van der Waals surface area contributed by atoms with Crippen LogP contribution in [0, 0.1) is 0 Å². The van der Waals surface area contributed by atoms with Crippen LogP contribution in [0.3, 0.4) is 0 Å². The van der Waals surface area contributed by atoms with E-state index in [1.165, 1.54) is 19.4 Å². The van der Waals surface area contributed by atoms with Crippen LogP contribution >= 0.6 is 11.6 Å². The van der Waals surface area contributed by atoms with E-state index in [1.54, 1.807) is 10.7 Å². The molecular weight excluding hydrogens is 236 g/mol. The van der Waals surface area contributed by atoms with Gasteiger partial charge >= 0.3 is 0 Å². The van der Waals surface area contributed by atoms with Crippen molar-refractivity contribution in [1.82, 2.24) is 19.5 Å². The van der Waals surface area contributed by atoms with Crippen LogP contribution in [0.2, 0.25) is 5.02 Å². The van der Waals surface area contributed by atoms with Gasteiger partial charge in [-0.3, -0.25) is 0 Å². The second-order valence-corrected chi connectivity index (χ2v) is 5.10. The highest BCUT2D eigenvalue weighted by atomic mass is 35.5. The third-order valence-corrected chi connectivity index (χ3v) is 3.65. The Balaban J connectivity index is 1.85. The lowest BCUT2D eigenvalue weighted by Gasteiger charge is -2.17. The molecule has 5 heteroatoms. The van der Waals surface area contributed by atoms with E-state index in [1.807, 2.05) is 12.1 Å². The van der Waals surface area contributed by atoms with Gasteiger partial charge in [0, 0.05) is 18.7 Å². The Labute approximate surface area is 105 Å². The fraction of sp³-hybridized carbons (Fsp3) is 0.500. The molecule has 2 aromatic rings. The van der Waals surface area contributed by atoms with Gasteiger partial charge in [0.25, 0.3) is 0 Å². The minimum atomic E-state index is 0.586.